The Morgan fingerprint density at radius 1 is 1.32 bits per heavy atom. The largest absolute Gasteiger partial charge is 0.618 e. The molecule has 0 bridgehead atoms. The minimum absolute atomic E-state index is 0.160. The number of halogens is 2. The summed E-state index contributed by atoms with van der Waals surface area (Å²) in [6.07, 6.45) is 1.40. The number of rotatable bonds is 5. The molecule has 1 aromatic carbocycles. The second kappa shape index (κ2) is 7.72. The number of carbonyl (C=O) groups excluding carboxylic acids is 1. The van der Waals surface area contributed by atoms with Gasteiger partial charge in [-0.05, 0) is 42.4 Å². The van der Waals surface area contributed by atoms with Crippen LogP contribution in [0.2, 0.25) is 10.0 Å². The fourth-order valence-electron chi connectivity index (χ4n) is 1.81. The van der Waals surface area contributed by atoms with E-state index in [9.17, 15) is 10.0 Å². The Kier molecular flexibility index (Phi) is 5.94. The Morgan fingerprint density at radius 2 is 2.09 bits per heavy atom. The third-order valence-electron chi connectivity index (χ3n) is 2.96. The average Bonchev–Trinajstić information content (AvgIpc) is 2.49. The molecule has 0 saturated carbocycles. The summed E-state index contributed by atoms with van der Waals surface area (Å²) in [4.78, 5) is 12.0. The highest BCUT2D eigenvalue weighted by atomic mass is 35.5. The maximum absolute atomic E-state index is 12.0. The van der Waals surface area contributed by atoms with Gasteiger partial charge in [0.2, 0.25) is 5.91 Å². The molecule has 1 amide bonds. The molecule has 0 aliphatic rings. The monoisotopic (exact) mass is 356 g/mol. The van der Waals surface area contributed by atoms with E-state index in [-0.39, 0.29) is 17.7 Å². The van der Waals surface area contributed by atoms with Crippen LogP contribution in [0.25, 0.3) is 0 Å². The summed E-state index contributed by atoms with van der Waals surface area (Å²) in [6, 6.07) is 10.1. The van der Waals surface area contributed by atoms with E-state index in [1.807, 2.05) is 13.0 Å². The molecule has 1 N–H and O–H groups in total. The molecule has 1 atom stereocenters. The molecule has 7 heteroatoms. The first-order valence-corrected chi connectivity index (χ1v) is 8.27. The Balaban J connectivity index is 1.91. The third kappa shape index (κ3) is 4.53. The molecule has 2 rings (SSSR count). The van der Waals surface area contributed by atoms with Gasteiger partial charge in [-0.25, -0.2) is 0 Å². The van der Waals surface area contributed by atoms with Crippen molar-refractivity contribution in [2.24, 2.45) is 0 Å². The zero-order chi connectivity index (χ0) is 16.1. The Labute approximate surface area is 143 Å². The molecule has 4 nitrogen and oxygen atoms in total. The highest BCUT2D eigenvalue weighted by Gasteiger charge is 2.13. The van der Waals surface area contributed by atoms with Crippen LogP contribution in [0, 0.1) is 5.21 Å². The molecule has 0 fully saturated rings. The normalized spacial score (nSPS) is 12.0. The van der Waals surface area contributed by atoms with Crippen LogP contribution in [0.15, 0.2) is 47.6 Å². The van der Waals surface area contributed by atoms with Gasteiger partial charge in [0.1, 0.15) is 0 Å². The standard InChI is InChI=1S/C15H14Cl2N2O2S/c1-10(11-5-6-12(16)13(17)8-11)18-14(20)9-22-15-4-2-3-7-19(15)21/h2-8,10H,9H2,1H3,(H,18,20)/t10-/m0/s1. The lowest BCUT2D eigenvalue weighted by Gasteiger charge is -2.14. The summed E-state index contributed by atoms with van der Waals surface area (Å²) in [5, 5.41) is 15.8. The molecule has 0 aliphatic heterocycles. The summed E-state index contributed by atoms with van der Waals surface area (Å²) in [6.45, 7) is 1.86. The molecule has 1 aromatic heterocycles. The number of nitrogens with one attached hydrogen (secondary N) is 1. The van der Waals surface area contributed by atoms with Crippen molar-refractivity contribution in [3.8, 4) is 0 Å². The van der Waals surface area contributed by atoms with Crippen LogP contribution in [-0.2, 0) is 4.79 Å². The topological polar surface area (TPSA) is 56.0 Å². The van der Waals surface area contributed by atoms with Crippen LogP contribution in [0.5, 0.6) is 0 Å². The minimum atomic E-state index is -0.196. The summed E-state index contributed by atoms with van der Waals surface area (Å²) >= 11 is 13.0. The molecule has 22 heavy (non-hydrogen) atoms. The lowest BCUT2D eigenvalue weighted by molar-refractivity contribution is -0.645. The van der Waals surface area contributed by atoms with Gasteiger partial charge < -0.3 is 10.5 Å². The number of benzene rings is 1. The number of aromatic nitrogens is 1. The highest BCUT2D eigenvalue weighted by Crippen LogP contribution is 2.25. The van der Waals surface area contributed by atoms with E-state index in [2.05, 4.69) is 5.32 Å². The molecule has 0 saturated heterocycles. The fourth-order valence-corrected chi connectivity index (χ4v) is 2.84. The van der Waals surface area contributed by atoms with Crippen molar-refractivity contribution in [3.05, 3.63) is 63.4 Å². The zero-order valence-electron chi connectivity index (χ0n) is 11.8. The first-order valence-electron chi connectivity index (χ1n) is 6.52. The van der Waals surface area contributed by atoms with Gasteiger partial charge in [-0.1, -0.05) is 29.3 Å². The van der Waals surface area contributed by atoms with E-state index in [0.29, 0.717) is 15.1 Å². The van der Waals surface area contributed by atoms with E-state index in [0.717, 1.165) is 10.3 Å². The smallest absolute Gasteiger partial charge is 0.251 e. The maximum atomic E-state index is 12.0. The molecular weight excluding hydrogens is 343 g/mol. The second-order valence-electron chi connectivity index (χ2n) is 4.62. The van der Waals surface area contributed by atoms with Crippen LogP contribution in [0.1, 0.15) is 18.5 Å². The van der Waals surface area contributed by atoms with Crippen molar-refractivity contribution in [3.63, 3.8) is 0 Å². The molecule has 0 radical (unpaired) electrons. The maximum Gasteiger partial charge on any atom is 0.251 e. The lowest BCUT2D eigenvalue weighted by atomic mass is 10.1. The van der Waals surface area contributed by atoms with Crippen LogP contribution in [-0.4, -0.2) is 11.7 Å². The van der Waals surface area contributed by atoms with E-state index in [1.54, 1.807) is 30.3 Å². The van der Waals surface area contributed by atoms with Gasteiger partial charge in [0.15, 0.2) is 6.20 Å². The van der Waals surface area contributed by atoms with E-state index in [4.69, 9.17) is 23.2 Å². The predicted molar refractivity (Wildman–Crippen MR) is 89.1 cm³/mol. The molecule has 0 aliphatic carbocycles. The fraction of sp³-hybridized carbons (Fsp3) is 0.200. The number of thioether (sulfide) groups is 1. The zero-order valence-corrected chi connectivity index (χ0v) is 14.1. The van der Waals surface area contributed by atoms with Crippen molar-refractivity contribution in [1.82, 2.24) is 5.32 Å². The number of carbonyl (C=O) groups is 1. The summed E-state index contributed by atoms with van der Waals surface area (Å²) < 4.78 is 0.736. The van der Waals surface area contributed by atoms with Crippen molar-refractivity contribution >= 4 is 40.9 Å². The molecular formula is C15H14Cl2N2O2S. The summed E-state index contributed by atoms with van der Waals surface area (Å²) in [7, 11) is 0. The van der Waals surface area contributed by atoms with Gasteiger partial charge in [-0.15, -0.1) is 0 Å². The van der Waals surface area contributed by atoms with Gasteiger partial charge in [-0.2, -0.15) is 4.73 Å². The van der Waals surface area contributed by atoms with Crippen molar-refractivity contribution < 1.29 is 9.52 Å². The first-order chi connectivity index (χ1) is 10.5. The Bertz CT molecular complexity index is 682. The highest BCUT2D eigenvalue weighted by molar-refractivity contribution is 7.99. The van der Waals surface area contributed by atoms with E-state index < -0.39 is 0 Å². The number of hydrogen-bond acceptors (Lipinski definition) is 3. The van der Waals surface area contributed by atoms with Crippen LogP contribution >= 0.6 is 35.0 Å². The lowest BCUT2D eigenvalue weighted by Crippen LogP contribution is -2.31. The van der Waals surface area contributed by atoms with Gasteiger partial charge in [0.25, 0.3) is 5.03 Å². The number of hydrogen-bond donors (Lipinski definition) is 1. The minimum Gasteiger partial charge on any atom is -0.618 e. The van der Waals surface area contributed by atoms with E-state index in [1.165, 1.54) is 18.0 Å². The molecule has 1 heterocycles. The van der Waals surface area contributed by atoms with Gasteiger partial charge >= 0.3 is 0 Å². The summed E-state index contributed by atoms with van der Waals surface area (Å²) in [5.41, 5.74) is 0.867. The van der Waals surface area contributed by atoms with Crippen molar-refractivity contribution in [2.75, 3.05) is 5.75 Å². The van der Waals surface area contributed by atoms with Gasteiger partial charge in [-0.3, -0.25) is 4.79 Å². The Morgan fingerprint density at radius 3 is 2.77 bits per heavy atom. The van der Waals surface area contributed by atoms with Crippen LogP contribution in [0.4, 0.5) is 0 Å². The van der Waals surface area contributed by atoms with E-state index >= 15 is 0 Å². The van der Waals surface area contributed by atoms with Gasteiger partial charge in [0.05, 0.1) is 21.8 Å². The first kappa shape index (κ1) is 16.9. The average molecular weight is 357 g/mol. The molecule has 0 spiro atoms. The molecule has 2 aromatic rings. The molecule has 116 valence electrons. The second-order valence-corrected chi connectivity index (χ2v) is 6.43. The number of pyridine rings is 1. The third-order valence-corrected chi connectivity index (χ3v) is 4.72. The van der Waals surface area contributed by atoms with Crippen molar-refractivity contribution in [1.29, 1.82) is 0 Å². The SMILES string of the molecule is C[C@H](NC(=O)CSc1cccc[n+]1[O-])c1ccc(Cl)c(Cl)c1. The molecule has 0 unspecified atom stereocenters. The van der Waals surface area contributed by atoms with Crippen LogP contribution in [0.3, 0.4) is 0 Å². The quantitative estimate of drug-likeness (QED) is 0.505. The van der Waals surface area contributed by atoms with Gasteiger partial charge in [0, 0.05) is 12.1 Å². The Hall–Kier alpha value is -1.43. The number of nitrogens with zero attached hydrogens (tertiary/aromatic N) is 1. The number of amides is 1. The predicted octanol–water partition coefficient (Wildman–Crippen LogP) is 3.60. The van der Waals surface area contributed by atoms with Crippen molar-refractivity contribution in [2.45, 2.75) is 18.0 Å². The van der Waals surface area contributed by atoms with Crippen LogP contribution < -0.4 is 10.0 Å². The summed E-state index contributed by atoms with van der Waals surface area (Å²) in [5.74, 6) is 0.00481.